The first-order valence-corrected chi connectivity index (χ1v) is 8.76. The van der Waals surface area contributed by atoms with Crippen molar-refractivity contribution in [1.29, 1.82) is 0 Å². The summed E-state index contributed by atoms with van der Waals surface area (Å²) in [4.78, 5) is 19.2. The maximum absolute atomic E-state index is 12.9. The van der Waals surface area contributed by atoms with Crippen LogP contribution in [0.1, 0.15) is 35.2 Å². The average Bonchev–Trinajstić information content (AvgIpc) is 2.94. The smallest absolute Gasteiger partial charge is 0.255 e. The van der Waals surface area contributed by atoms with Crippen molar-refractivity contribution in [3.8, 4) is 11.1 Å². The third-order valence-corrected chi connectivity index (χ3v) is 5.18. The van der Waals surface area contributed by atoms with Gasteiger partial charge in [0.1, 0.15) is 0 Å². The van der Waals surface area contributed by atoms with E-state index in [-0.39, 0.29) is 5.91 Å². The molecule has 2 saturated heterocycles. The Morgan fingerprint density at radius 2 is 1.88 bits per heavy atom. The minimum atomic E-state index is 0.103. The quantitative estimate of drug-likeness (QED) is 0.925. The standard InChI is InChI=1S/C20H23N3O/c1-14-2-4-15(5-3-14)16-10-17(12-21-11-16)20(24)23-9-8-18-6-7-19(13-23)22-18/h2-5,10-12,18-19,22H,6-9,13H2,1H3. The molecule has 4 heteroatoms. The number of carbonyl (C=O) groups is 1. The molecule has 2 unspecified atom stereocenters. The van der Waals surface area contributed by atoms with Crippen molar-refractivity contribution in [2.45, 2.75) is 38.3 Å². The van der Waals surface area contributed by atoms with Gasteiger partial charge in [-0.25, -0.2) is 0 Å². The van der Waals surface area contributed by atoms with Gasteiger partial charge in [0.15, 0.2) is 0 Å². The average molecular weight is 321 g/mol. The maximum atomic E-state index is 12.9. The minimum Gasteiger partial charge on any atom is -0.337 e. The fourth-order valence-electron chi connectivity index (χ4n) is 3.77. The summed E-state index contributed by atoms with van der Waals surface area (Å²) < 4.78 is 0. The molecular formula is C20H23N3O. The Morgan fingerprint density at radius 3 is 2.71 bits per heavy atom. The van der Waals surface area contributed by atoms with Crippen LogP contribution in [0.25, 0.3) is 11.1 Å². The first-order chi connectivity index (χ1) is 11.7. The molecule has 2 aromatic rings. The number of rotatable bonds is 2. The molecule has 2 aliphatic rings. The third kappa shape index (κ3) is 3.06. The number of nitrogens with one attached hydrogen (secondary N) is 1. The second kappa shape index (κ2) is 6.36. The Labute approximate surface area is 142 Å². The van der Waals surface area contributed by atoms with E-state index in [0.717, 1.165) is 30.6 Å². The van der Waals surface area contributed by atoms with Crippen molar-refractivity contribution >= 4 is 5.91 Å². The van der Waals surface area contributed by atoms with Crippen LogP contribution in [0.15, 0.2) is 42.7 Å². The highest BCUT2D eigenvalue weighted by molar-refractivity contribution is 5.95. The van der Waals surface area contributed by atoms with E-state index in [2.05, 4.69) is 41.5 Å². The zero-order chi connectivity index (χ0) is 16.5. The van der Waals surface area contributed by atoms with Crippen molar-refractivity contribution in [3.05, 3.63) is 53.9 Å². The fourth-order valence-corrected chi connectivity index (χ4v) is 3.77. The van der Waals surface area contributed by atoms with Gasteiger partial charge in [0, 0.05) is 43.1 Å². The fraction of sp³-hybridized carbons (Fsp3) is 0.400. The van der Waals surface area contributed by atoms with Crippen LogP contribution in [0.4, 0.5) is 0 Å². The lowest BCUT2D eigenvalue weighted by atomic mass is 10.0. The topological polar surface area (TPSA) is 45.2 Å². The van der Waals surface area contributed by atoms with Crippen LogP contribution >= 0.6 is 0 Å². The van der Waals surface area contributed by atoms with E-state index in [1.165, 1.54) is 18.4 Å². The van der Waals surface area contributed by atoms with E-state index >= 15 is 0 Å². The summed E-state index contributed by atoms with van der Waals surface area (Å²) in [5, 5.41) is 3.62. The number of benzene rings is 1. The van der Waals surface area contributed by atoms with Gasteiger partial charge in [0.25, 0.3) is 5.91 Å². The molecule has 0 spiro atoms. The van der Waals surface area contributed by atoms with Gasteiger partial charge in [-0.2, -0.15) is 0 Å². The van der Waals surface area contributed by atoms with Gasteiger partial charge in [0.05, 0.1) is 5.56 Å². The summed E-state index contributed by atoms with van der Waals surface area (Å²) in [6.45, 7) is 3.72. The summed E-state index contributed by atoms with van der Waals surface area (Å²) in [7, 11) is 0. The second-order valence-electron chi connectivity index (χ2n) is 7.01. The highest BCUT2D eigenvalue weighted by atomic mass is 16.2. The Hall–Kier alpha value is -2.20. The number of pyridine rings is 1. The van der Waals surface area contributed by atoms with Crippen LogP contribution in [0.2, 0.25) is 0 Å². The molecule has 1 aromatic heterocycles. The summed E-state index contributed by atoms with van der Waals surface area (Å²) in [6, 6.07) is 11.3. The van der Waals surface area contributed by atoms with Crippen LogP contribution in [-0.4, -0.2) is 41.0 Å². The predicted molar refractivity (Wildman–Crippen MR) is 94.9 cm³/mol. The lowest BCUT2D eigenvalue weighted by Gasteiger charge is -2.24. The summed E-state index contributed by atoms with van der Waals surface area (Å²) in [5.74, 6) is 0.103. The molecule has 124 valence electrons. The van der Waals surface area contributed by atoms with Gasteiger partial charge in [-0.3, -0.25) is 9.78 Å². The molecular weight excluding hydrogens is 298 g/mol. The monoisotopic (exact) mass is 321 g/mol. The Balaban J connectivity index is 1.56. The van der Waals surface area contributed by atoms with E-state index < -0.39 is 0 Å². The van der Waals surface area contributed by atoms with E-state index in [1.54, 1.807) is 6.20 Å². The van der Waals surface area contributed by atoms with Crippen LogP contribution in [0, 0.1) is 6.92 Å². The SMILES string of the molecule is Cc1ccc(-c2cncc(C(=O)N3CCC4CCC(C3)N4)c2)cc1. The zero-order valence-corrected chi connectivity index (χ0v) is 14.0. The van der Waals surface area contributed by atoms with Gasteiger partial charge in [-0.15, -0.1) is 0 Å². The molecule has 0 radical (unpaired) electrons. The number of amides is 1. The third-order valence-electron chi connectivity index (χ3n) is 5.18. The molecule has 24 heavy (non-hydrogen) atoms. The molecule has 2 aliphatic heterocycles. The largest absolute Gasteiger partial charge is 0.337 e. The van der Waals surface area contributed by atoms with Crippen molar-refractivity contribution in [3.63, 3.8) is 0 Å². The highest BCUT2D eigenvalue weighted by Crippen LogP contribution is 2.23. The van der Waals surface area contributed by atoms with E-state index in [0.29, 0.717) is 17.6 Å². The Bertz CT molecular complexity index is 741. The molecule has 1 N–H and O–H groups in total. The molecule has 4 rings (SSSR count). The minimum absolute atomic E-state index is 0.103. The summed E-state index contributed by atoms with van der Waals surface area (Å²) in [6.07, 6.45) is 6.99. The zero-order valence-electron chi connectivity index (χ0n) is 14.0. The van der Waals surface area contributed by atoms with E-state index in [1.807, 2.05) is 17.2 Å². The van der Waals surface area contributed by atoms with Gasteiger partial charge in [-0.05, 0) is 37.8 Å². The number of aromatic nitrogens is 1. The molecule has 1 aromatic carbocycles. The van der Waals surface area contributed by atoms with E-state index in [9.17, 15) is 4.79 Å². The first-order valence-electron chi connectivity index (χ1n) is 8.76. The lowest BCUT2D eigenvalue weighted by Crippen LogP contribution is -2.39. The van der Waals surface area contributed by atoms with Crippen LogP contribution in [0.5, 0.6) is 0 Å². The second-order valence-corrected chi connectivity index (χ2v) is 7.01. The highest BCUT2D eigenvalue weighted by Gasteiger charge is 2.31. The van der Waals surface area contributed by atoms with Crippen molar-refractivity contribution in [2.24, 2.45) is 0 Å². The Morgan fingerprint density at radius 1 is 1.08 bits per heavy atom. The molecule has 2 fully saturated rings. The number of hydrogen-bond acceptors (Lipinski definition) is 3. The van der Waals surface area contributed by atoms with Crippen molar-refractivity contribution in [2.75, 3.05) is 13.1 Å². The van der Waals surface area contributed by atoms with Crippen molar-refractivity contribution in [1.82, 2.24) is 15.2 Å². The number of hydrogen-bond donors (Lipinski definition) is 1. The van der Waals surface area contributed by atoms with Gasteiger partial charge in [-0.1, -0.05) is 29.8 Å². The molecule has 0 aliphatic carbocycles. The molecule has 1 amide bonds. The molecule has 0 saturated carbocycles. The molecule has 4 nitrogen and oxygen atoms in total. The summed E-state index contributed by atoms with van der Waals surface area (Å²) in [5.41, 5.74) is 4.01. The lowest BCUT2D eigenvalue weighted by molar-refractivity contribution is 0.0748. The number of nitrogens with zero attached hydrogens (tertiary/aromatic N) is 2. The maximum Gasteiger partial charge on any atom is 0.255 e. The predicted octanol–water partition coefficient (Wildman–Crippen LogP) is 3.02. The number of fused-ring (bicyclic) bond motifs is 2. The van der Waals surface area contributed by atoms with Gasteiger partial charge < -0.3 is 10.2 Å². The number of likely N-dealkylation sites (tertiary alicyclic amines) is 1. The van der Waals surface area contributed by atoms with Gasteiger partial charge >= 0.3 is 0 Å². The molecule has 3 heterocycles. The number of aryl methyl sites for hydroxylation is 1. The Kier molecular flexibility index (Phi) is 4.07. The number of carbonyl (C=O) groups excluding carboxylic acids is 1. The normalized spacial score (nSPS) is 23.1. The van der Waals surface area contributed by atoms with Crippen LogP contribution < -0.4 is 5.32 Å². The van der Waals surface area contributed by atoms with Crippen molar-refractivity contribution < 1.29 is 4.79 Å². The first kappa shape index (κ1) is 15.3. The summed E-state index contributed by atoms with van der Waals surface area (Å²) >= 11 is 0. The van der Waals surface area contributed by atoms with E-state index in [4.69, 9.17) is 0 Å². The molecule has 2 atom stereocenters. The van der Waals surface area contributed by atoms with Crippen LogP contribution in [-0.2, 0) is 0 Å². The molecule has 2 bridgehead atoms. The van der Waals surface area contributed by atoms with Gasteiger partial charge in [0.2, 0.25) is 0 Å². The van der Waals surface area contributed by atoms with Crippen LogP contribution in [0.3, 0.4) is 0 Å².